The molecule has 3 aromatic rings. The maximum absolute atomic E-state index is 14.0. The molecule has 3 heterocycles. The van der Waals surface area contributed by atoms with Crippen LogP contribution in [0.15, 0.2) is 30.5 Å². The third kappa shape index (κ3) is 2.68. The minimum atomic E-state index is -0.460. The van der Waals surface area contributed by atoms with Crippen LogP contribution in [0.4, 0.5) is 4.39 Å². The van der Waals surface area contributed by atoms with Gasteiger partial charge in [-0.25, -0.2) is 9.37 Å². The zero-order valence-corrected chi connectivity index (χ0v) is 15.8. The number of benzene rings is 1. The van der Waals surface area contributed by atoms with E-state index in [1.807, 2.05) is 0 Å². The van der Waals surface area contributed by atoms with Crippen LogP contribution in [-0.2, 0) is 0 Å². The van der Waals surface area contributed by atoms with E-state index < -0.39 is 5.82 Å². The number of methoxy groups -OCH3 is 1. The molecule has 1 aromatic carbocycles. The number of H-pyrrole nitrogens is 1. The van der Waals surface area contributed by atoms with Crippen molar-refractivity contribution in [3.8, 4) is 28.7 Å². The first kappa shape index (κ1) is 17.7. The van der Waals surface area contributed by atoms with E-state index in [4.69, 9.17) is 4.74 Å². The summed E-state index contributed by atoms with van der Waals surface area (Å²) in [6.07, 6.45) is 4.41. The van der Waals surface area contributed by atoms with E-state index in [1.54, 1.807) is 0 Å². The molecule has 0 bridgehead atoms. The molecule has 2 atom stereocenters. The summed E-state index contributed by atoms with van der Waals surface area (Å²) in [7, 11) is 1.48. The van der Waals surface area contributed by atoms with Crippen LogP contribution < -0.4 is 10.1 Å². The molecular weight excluding hydrogens is 371 g/mol. The quantitative estimate of drug-likeness (QED) is 0.636. The number of hydrogen-bond donors (Lipinski definition) is 3. The van der Waals surface area contributed by atoms with Crippen molar-refractivity contribution in [2.75, 3.05) is 20.2 Å². The van der Waals surface area contributed by atoms with Crippen LogP contribution in [0.2, 0.25) is 0 Å². The van der Waals surface area contributed by atoms with Gasteiger partial charge in [0.05, 0.1) is 24.6 Å². The van der Waals surface area contributed by atoms with E-state index >= 15 is 0 Å². The van der Waals surface area contributed by atoms with Crippen LogP contribution in [0.25, 0.3) is 27.7 Å². The monoisotopic (exact) mass is 390 g/mol. The van der Waals surface area contributed by atoms with Crippen molar-refractivity contribution in [1.82, 2.24) is 15.3 Å². The van der Waals surface area contributed by atoms with E-state index in [0.29, 0.717) is 45.3 Å². The van der Waals surface area contributed by atoms with Crippen molar-refractivity contribution >= 4 is 16.6 Å². The number of allylic oxidation sites excluding steroid dienone is 1. The van der Waals surface area contributed by atoms with Gasteiger partial charge in [-0.05, 0) is 48.6 Å². The minimum absolute atomic E-state index is 0.134. The fourth-order valence-electron chi connectivity index (χ4n) is 4.61. The highest BCUT2D eigenvalue weighted by Gasteiger charge is 2.34. The Kier molecular flexibility index (Phi) is 4.03. The highest BCUT2D eigenvalue weighted by Crippen LogP contribution is 2.45. The molecule has 7 heteroatoms. The Morgan fingerprint density at radius 2 is 2.21 bits per heavy atom. The SMILES string of the molecule is COc1ccc(F)cc1-c1c(O)cnc2[nH]c(C3=CC4CNCC4C3)c(C#N)c12. The van der Waals surface area contributed by atoms with E-state index in [1.165, 1.54) is 31.5 Å². The van der Waals surface area contributed by atoms with Gasteiger partial charge in [-0.2, -0.15) is 5.26 Å². The average molecular weight is 390 g/mol. The summed E-state index contributed by atoms with van der Waals surface area (Å²) >= 11 is 0. The number of nitriles is 1. The second-order valence-corrected chi connectivity index (χ2v) is 7.55. The molecule has 146 valence electrons. The van der Waals surface area contributed by atoms with Gasteiger partial charge in [0.1, 0.15) is 29.0 Å². The molecule has 0 amide bonds. The number of ether oxygens (including phenoxy) is 1. The van der Waals surface area contributed by atoms with Crippen molar-refractivity contribution in [1.29, 1.82) is 5.26 Å². The van der Waals surface area contributed by atoms with Crippen LogP contribution in [0.5, 0.6) is 11.5 Å². The van der Waals surface area contributed by atoms with E-state index in [9.17, 15) is 14.8 Å². The zero-order valence-electron chi connectivity index (χ0n) is 15.8. The Morgan fingerprint density at radius 1 is 1.34 bits per heavy atom. The maximum Gasteiger partial charge on any atom is 0.142 e. The van der Waals surface area contributed by atoms with Gasteiger partial charge in [-0.1, -0.05) is 6.08 Å². The molecule has 6 nitrogen and oxygen atoms in total. The standard InChI is InChI=1S/C22H19FN4O2/c1-29-18-3-2-14(23)6-15(18)19-17(28)10-26-22-20(19)16(7-24)21(27-22)11-4-12-8-25-9-13(12)5-11/h2-4,6,10,12-13,25,28H,5,8-9H2,1H3,(H,26,27). The lowest BCUT2D eigenvalue weighted by molar-refractivity contribution is 0.414. The van der Waals surface area contributed by atoms with E-state index in [-0.39, 0.29) is 5.75 Å². The van der Waals surface area contributed by atoms with Crippen molar-refractivity contribution in [3.05, 3.63) is 47.5 Å². The number of nitrogens with zero attached hydrogens (tertiary/aromatic N) is 2. The molecule has 0 radical (unpaired) electrons. The summed E-state index contributed by atoms with van der Waals surface area (Å²) in [4.78, 5) is 7.55. The first-order valence-corrected chi connectivity index (χ1v) is 9.50. The molecule has 1 aliphatic carbocycles. The Morgan fingerprint density at radius 3 is 2.97 bits per heavy atom. The van der Waals surface area contributed by atoms with Crippen LogP contribution in [0.1, 0.15) is 17.7 Å². The van der Waals surface area contributed by atoms with Gasteiger partial charge < -0.3 is 20.1 Å². The van der Waals surface area contributed by atoms with Gasteiger partial charge in [0, 0.05) is 23.1 Å². The molecule has 1 fully saturated rings. The van der Waals surface area contributed by atoms with Crippen LogP contribution in [0.3, 0.4) is 0 Å². The summed E-state index contributed by atoms with van der Waals surface area (Å²) in [6, 6.07) is 6.37. The van der Waals surface area contributed by atoms with Crippen molar-refractivity contribution in [3.63, 3.8) is 0 Å². The number of pyridine rings is 1. The summed E-state index contributed by atoms with van der Waals surface area (Å²) < 4.78 is 19.4. The van der Waals surface area contributed by atoms with Crippen molar-refractivity contribution < 1.29 is 14.2 Å². The number of aromatic nitrogens is 2. The number of nitrogens with one attached hydrogen (secondary N) is 2. The zero-order chi connectivity index (χ0) is 20.1. The summed E-state index contributed by atoms with van der Waals surface area (Å²) in [5, 5.41) is 24.5. The third-order valence-electron chi connectivity index (χ3n) is 5.96. The Balaban J connectivity index is 1.77. The Labute approximate surface area is 166 Å². The highest BCUT2D eigenvalue weighted by atomic mass is 19.1. The fraction of sp³-hybridized carbons (Fsp3) is 0.273. The number of aromatic hydroxyl groups is 1. The topological polar surface area (TPSA) is 94.0 Å². The van der Waals surface area contributed by atoms with Crippen LogP contribution >= 0.6 is 0 Å². The molecular formula is C22H19FN4O2. The van der Waals surface area contributed by atoms with Gasteiger partial charge in [0.25, 0.3) is 0 Å². The molecule has 2 aliphatic rings. The fourth-order valence-corrected chi connectivity index (χ4v) is 4.61. The maximum atomic E-state index is 14.0. The number of aromatic amines is 1. The number of fused-ring (bicyclic) bond motifs is 2. The lowest BCUT2D eigenvalue weighted by atomic mass is 9.96. The van der Waals surface area contributed by atoms with Crippen LogP contribution in [0, 0.1) is 29.0 Å². The van der Waals surface area contributed by atoms with Gasteiger partial charge in [-0.15, -0.1) is 0 Å². The molecule has 3 N–H and O–H groups in total. The smallest absolute Gasteiger partial charge is 0.142 e. The van der Waals surface area contributed by atoms with Crippen LogP contribution in [-0.4, -0.2) is 35.3 Å². The molecule has 1 aliphatic heterocycles. The molecule has 0 saturated carbocycles. The molecule has 5 rings (SSSR count). The molecule has 1 saturated heterocycles. The number of hydrogen-bond acceptors (Lipinski definition) is 5. The number of rotatable bonds is 3. The van der Waals surface area contributed by atoms with Gasteiger partial charge in [0.2, 0.25) is 0 Å². The second-order valence-electron chi connectivity index (χ2n) is 7.55. The highest BCUT2D eigenvalue weighted by molar-refractivity contribution is 6.04. The Bertz CT molecular complexity index is 1210. The van der Waals surface area contributed by atoms with Gasteiger partial charge in [-0.3, -0.25) is 0 Å². The van der Waals surface area contributed by atoms with Gasteiger partial charge in [0.15, 0.2) is 0 Å². The molecule has 2 aromatic heterocycles. The first-order valence-electron chi connectivity index (χ1n) is 9.50. The molecule has 0 spiro atoms. The lowest BCUT2D eigenvalue weighted by Gasteiger charge is -2.11. The van der Waals surface area contributed by atoms with E-state index in [0.717, 1.165) is 30.8 Å². The second kappa shape index (κ2) is 6.61. The predicted octanol–water partition coefficient (Wildman–Crippen LogP) is 3.58. The summed E-state index contributed by atoms with van der Waals surface area (Å²) in [5.74, 6) is 0.809. The third-order valence-corrected chi connectivity index (χ3v) is 5.96. The van der Waals surface area contributed by atoms with Crippen molar-refractivity contribution in [2.24, 2.45) is 11.8 Å². The Hall–Kier alpha value is -3.37. The number of halogens is 1. The summed E-state index contributed by atoms with van der Waals surface area (Å²) in [6.45, 7) is 1.92. The summed E-state index contributed by atoms with van der Waals surface area (Å²) in [5.41, 5.74) is 3.42. The normalized spacial score (nSPS) is 20.5. The van der Waals surface area contributed by atoms with Gasteiger partial charge >= 0.3 is 0 Å². The lowest BCUT2D eigenvalue weighted by Crippen LogP contribution is -2.09. The largest absolute Gasteiger partial charge is 0.506 e. The molecule has 2 unspecified atom stereocenters. The molecule has 29 heavy (non-hydrogen) atoms. The average Bonchev–Trinajstić information content (AvgIpc) is 3.40. The minimum Gasteiger partial charge on any atom is -0.506 e. The predicted molar refractivity (Wildman–Crippen MR) is 107 cm³/mol. The van der Waals surface area contributed by atoms with Crippen molar-refractivity contribution in [2.45, 2.75) is 6.42 Å². The first-order chi connectivity index (χ1) is 14.1. The van der Waals surface area contributed by atoms with E-state index in [2.05, 4.69) is 27.4 Å².